The fraction of sp³-hybridized carbons (Fsp3) is 0.0714. The largest absolute Gasteiger partial charge is 0.573 e. The lowest BCUT2D eigenvalue weighted by Crippen LogP contribution is -2.16. The molecular weight excluding hydrogens is 285 g/mol. The minimum Gasteiger partial charge on any atom is -0.424 e. The minimum atomic E-state index is -4.70. The normalized spacial score (nSPS) is 11.8. The first-order valence-electron chi connectivity index (χ1n) is 5.93. The van der Waals surface area contributed by atoms with Crippen molar-refractivity contribution < 1.29 is 22.3 Å². The second kappa shape index (κ2) is 4.69. The Kier molecular flexibility index (Phi) is 2.97. The average Bonchev–Trinajstić information content (AvgIpc) is 2.76. The van der Waals surface area contributed by atoms with Crippen LogP contribution in [0.4, 0.5) is 19.2 Å². The Balaban J connectivity index is 1.91. The van der Waals surface area contributed by atoms with Gasteiger partial charge in [-0.25, -0.2) is 0 Å². The van der Waals surface area contributed by atoms with E-state index in [1.807, 2.05) is 0 Å². The van der Waals surface area contributed by atoms with Crippen LogP contribution in [0, 0.1) is 0 Å². The second-order valence-corrected chi connectivity index (χ2v) is 4.31. The number of nitrogens with zero attached hydrogens (tertiary/aromatic N) is 1. The Labute approximate surface area is 116 Å². The van der Waals surface area contributed by atoms with Crippen LogP contribution < -0.4 is 10.5 Å². The Bertz CT molecular complexity index is 779. The number of rotatable bonds is 2. The Morgan fingerprint density at radius 3 is 2.33 bits per heavy atom. The molecule has 7 heteroatoms. The maximum atomic E-state index is 12.1. The predicted octanol–water partition coefficient (Wildman–Crippen LogP) is 3.98. The van der Waals surface area contributed by atoms with E-state index >= 15 is 0 Å². The maximum absolute atomic E-state index is 12.1. The lowest BCUT2D eigenvalue weighted by molar-refractivity contribution is -0.274. The summed E-state index contributed by atoms with van der Waals surface area (Å²) in [6, 6.07) is 10.9. The molecule has 2 N–H and O–H groups in total. The van der Waals surface area contributed by atoms with Gasteiger partial charge in [0.15, 0.2) is 5.58 Å². The van der Waals surface area contributed by atoms with Crippen molar-refractivity contribution in [3.05, 3.63) is 42.5 Å². The quantitative estimate of drug-likeness (QED) is 0.776. The molecule has 0 aliphatic heterocycles. The van der Waals surface area contributed by atoms with Crippen molar-refractivity contribution in [1.82, 2.24) is 4.98 Å². The van der Waals surface area contributed by atoms with Crippen molar-refractivity contribution in [2.45, 2.75) is 6.36 Å². The van der Waals surface area contributed by atoms with E-state index in [2.05, 4.69) is 9.72 Å². The van der Waals surface area contributed by atoms with E-state index < -0.39 is 6.36 Å². The first-order valence-corrected chi connectivity index (χ1v) is 5.93. The second-order valence-electron chi connectivity index (χ2n) is 4.31. The van der Waals surface area contributed by atoms with E-state index in [0.29, 0.717) is 11.1 Å². The molecule has 0 bridgehead atoms. The summed E-state index contributed by atoms with van der Waals surface area (Å²) in [6.45, 7) is 0. The van der Waals surface area contributed by atoms with Crippen LogP contribution in [-0.2, 0) is 0 Å². The number of aromatic nitrogens is 1. The third-order valence-corrected chi connectivity index (χ3v) is 2.83. The van der Waals surface area contributed by atoms with Crippen LogP contribution in [0.25, 0.3) is 22.2 Å². The van der Waals surface area contributed by atoms with Gasteiger partial charge in [-0.15, -0.1) is 13.2 Å². The van der Waals surface area contributed by atoms with Crippen LogP contribution in [-0.4, -0.2) is 11.3 Å². The molecule has 0 fully saturated rings. The number of fused-ring (bicyclic) bond motifs is 1. The van der Waals surface area contributed by atoms with Gasteiger partial charge in [0.1, 0.15) is 11.3 Å². The maximum Gasteiger partial charge on any atom is 0.573 e. The van der Waals surface area contributed by atoms with Crippen LogP contribution in [0.1, 0.15) is 0 Å². The molecule has 2 aromatic carbocycles. The van der Waals surface area contributed by atoms with E-state index in [1.54, 1.807) is 18.2 Å². The van der Waals surface area contributed by atoms with Crippen molar-refractivity contribution in [3.8, 4) is 16.9 Å². The average molecular weight is 294 g/mol. The van der Waals surface area contributed by atoms with Crippen LogP contribution in [0.2, 0.25) is 0 Å². The molecule has 4 nitrogen and oxygen atoms in total. The Morgan fingerprint density at radius 2 is 1.67 bits per heavy atom. The van der Waals surface area contributed by atoms with Gasteiger partial charge in [-0.05, 0) is 35.4 Å². The summed E-state index contributed by atoms with van der Waals surface area (Å²) in [5.74, 6) is -0.266. The summed E-state index contributed by atoms with van der Waals surface area (Å²) in [5, 5.41) is 0. The van der Waals surface area contributed by atoms with E-state index in [-0.39, 0.29) is 11.8 Å². The molecule has 3 rings (SSSR count). The van der Waals surface area contributed by atoms with Crippen LogP contribution >= 0.6 is 0 Å². The number of hydrogen-bond donors (Lipinski definition) is 1. The van der Waals surface area contributed by atoms with Crippen molar-refractivity contribution in [2.24, 2.45) is 0 Å². The molecule has 108 valence electrons. The van der Waals surface area contributed by atoms with Crippen LogP contribution in [0.5, 0.6) is 5.75 Å². The zero-order chi connectivity index (χ0) is 15.0. The van der Waals surface area contributed by atoms with Gasteiger partial charge in [-0.2, -0.15) is 4.98 Å². The summed E-state index contributed by atoms with van der Waals surface area (Å²) >= 11 is 0. The summed E-state index contributed by atoms with van der Waals surface area (Å²) < 4.78 is 45.2. The monoisotopic (exact) mass is 294 g/mol. The molecule has 0 saturated heterocycles. The lowest BCUT2D eigenvalue weighted by atomic mass is 10.1. The highest BCUT2D eigenvalue weighted by atomic mass is 19.4. The van der Waals surface area contributed by atoms with Crippen molar-refractivity contribution in [1.29, 1.82) is 0 Å². The topological polar surface area (TPSA) is 61.3 Å². The highest BCUT2D eigenvalue weighted by Crippen LogP contribution is 2.28. The third kappa shape index (κ3) is 2.91. The van der Waals surface area contributed by atoms with Gasteiger partial charge in [0.2, 0.25) is 0 Å². The minimum absolute atomic E-state index is 0.0658. The molecule has 0 aliphatic rings. The van der Waals surface area contributed by atoms with Crippen molar-refractivity contribution in [3.63, 3.8) is 0 Å². The smallest absolute Gasteiger partial charge is 0.424 e. The Hall–Kier alpha value is -2.70. The molecule has 1 aromatic heterocycles. The molecule has 0 radical (unpaired) electrons. The summed E-state index contributed by atoms with van der Waals surface area (Å²) in [7, 11) is 0. The molecule has 0 spiro atoms. The highest BCUT2D eigenvalue weighted by Gasteiger charge is 2.30. The number of nitrogen functional groups attached to an aromatic ring is 1. The molecule has 0 amide bonds. The first kappa shape index (κ1) is 13.3. The number of benzene rings is 2. The molecule has 0 aliphatic carbocycles. The fourth-order valence-electron chi connectivity index (χ4n) is 1.97. The number of halogens is 3. The molecular formula is C14H9F3N2O2. The van der Waals surface area contributed by atoms with Gasteiger partial charge in [0.05, 0.1) is 0 Å². The van der Waals surface area contributed by atoms with Crippen molar-refractivity contribution in [2.75, 3.05) is 5.73 Å². The summed E-state index contributed by atoms with van der Waals surface area (Å²) in [4.78, 5) is 4.00. The molecule has 3 aromatic rings. The lowest BCUT2D eigenvalue weighted by Gasteiger charge is -2.09. The number of anilines is 1. The SMILES string of the molecule is Nc1nc2cc(-c3ccc(OC(F)(F)F)cc3)ccc2o1. The Morgan fingerprint density at radius 1 is 1.00 bits per heavy atom. The zero-order valence-corrected chi connectivity index (χ0v) is 10.5. The number of nitrogens with two attached hydrogens (primary N) is 1. The molecule has 0 unspecified atom stereocenters. The molecule has 0 saturated carbocycles. The van der Waals surface area contributed by atoms with E-state index in [0.717, 1.165) is 11.1 Å². The van der Waals surface area contributed by atoms with Gasteiger partial charge in [-0.1, -0.05) is 18.2 Å². The summed E-state index contributed by atoms with van der Waals surface area (Å²) in [5.41, 5.74) is 8.11. The first-order chi connectivity index (χ1) is 9.90. The number of oxazole rings is 1. The third-order valence-electron chi connectivity index (χ3n) is 2.83. The number of hydrogen-bond acceptors (Lipinski definition) is 4. The van der Waals surface area contributed by atoms with Crippen LogP contribution in [0.15, 0.2) is 46.9 Å². The molecule has 0 atom stereocenters. The van der Waals surface area contributed by atoms with Gasteiger partial charge in [0, 0.05) is 0 Å². The molecule has 1 heterocycles. The highest BCUT2D eigenvalue weighted by molar-refractivity contribution is 5.81. The fourth-order valence-corrected chi connectivity index (χ4v) is 1.97. The van der Waals surface area contributed by atoms with Crippen LogP contribution in [0.3, 0.4) is 0 Å². The number of alkyl halides is 3. The molecule has 21 heavy (non-hydrogen) atoms. The van der Waals surface area contributed by atoms with Gasteiger partial charge in [-0.3, -0.25) is 0 Å². The van der Waals surface area contributed by atoms with Gasteiger partial charge in [0.25, 0.3) is 6.01 Å². The van der Waals surface area contributed by atoms with Gasteiger partial charge >= 0.3 is 6.36 Å². The zero-order valence-electron chi connectivity index (χ0n) is 10.5. The van der Waals surface area contributed by atoms with E-state index in [4.69, 9.17) is 10.2 Å². The van der Waals surface area contributed by atoms with E-state index in [9.17, 15) is 13.2 Å². The standard InChI is InChI=1S/C14H9F3N2O2/c15-14(16,17)21-10-4-1-8(2-5-10)9-3-6-12-11(7-9)19-13(18)20-12/h1-7H,(H2,18,19). The number of ether oxygens (including phenoxy) is 1. The summed E-state index contributed by atoms with van der Waals surface area (Å²) in [6.07, 6.45) is -4.70. The van der Waals surface area contributed by atoms with Gasteiger partial charge < -0.3 is 14.9 Å². The predicted molar refractivity (Wildman–Crippen MR) is 70.5 cm³/mol. The van der Waals surface area contributed by atoms with E-state index in [1.165, 1.54) is 24.3 Å². The van der Waals surface area contributed by atoms with Crippen molar-refractivity contribution >= 4 is 17.1 Å².